The lowest BCUT2D eigenvalue weighted by molar-refractivity contribution is -0.135. The molecule has 1 amide bonds. The Morgan fingerprint density at radius 2 is 1.91 bits per heavy atom. The maximum Gasteiger partial charge on any atom is 0.282 e. The second kappa shape index (κ2) is 5.98. The minimum Gasteiger partial charge on any atom is -0.336 e. The number of hydrogen-bond acceptors (Lipinski definition) is 4. The van der Waals surface area contributed by atoms with E-state index in [0.717, 1.165) is 32.2 Å². The predicted octanol–water partition coefficient (Wildman–Crippen LogP) is -0.388. The molecule has 4 fully saturated rings. The summed E-state index contributed by atoms with van der Waals surface area (Å²) in [6.45, 7) is 3.60. The Labute approximate surface area is 138 Å². The quantitative estimate of drug-likeness (QED) is 0.758. The molecule has 7 nitrogen and oxygen atoms in total. The Morgan fingerprint density at radius 1 is 1.04 bits per heavy atom. The number of piperidine rings is 2. The summed E-state index contributed by atoms with van der Waals surface area (Å²) in [5, 5.41) is 3.08. The van der Waals surface area contributed by atoms with Crippen LogP contribution in [0.1, 0.15) is 32.1 Å². The van der Waals surface area contributed by atoms with Crippen molar-refractivity contribution >= 4 is 16.1 Å². The summed E-state index contributed by atoms with van der Waals surface area (Å²) >= 11 is 0. The lowest BCUT2D eigenvalue weighted by Crippen LogP contribution is -2.59. The van der Waals surface area contributed by atoms with E-state index < -0.39 is 10.2 Å². The van der Waals surface area contributed by atoms with Gasteiger partial charge in [0, 0.05) is 44.8 Å². The summed E-state index contributed by atoms with van der Waals surface area (Å²) in [6.07, 6.45) is 4.96. The number of nitrogens with zero attached hydrogens (tertiary/aromatic N) is 3. The highest BCUT2D eigenvalue weighted by atomic mass is 32.2. The van der Waals surface area contributed by atoms with Gasteiger partial charge in [0.05, 0.1) is 6.54 Å². The maximum atomic E-state index is 13.0. The Morgan fingerprint density at radius 3 is 2.61 bits per heavy atom. The van der Waals surface area contributed by atoms with Crippen LogP contribution in [0.2, 0.25) is 0 Å². The van der Waals surface area contributed by atoms with Gasteiger partial charge in [-0.2, -0.15) is 17.0 Å². The molecule has 1 saturated carbocycles. The van der Waals surface area contributed by atoms with Crippen molar-refractivity contribution in [3.63, 3.8) is 0 Å². The summed E-state index contributed by atoms with van der Waals surface area (Å²) in [7, 11) is -3.37. The fourth-order valence-corrected chi connectivity index (χ4v) is 6.69. The van der Waals surface area contributed by atoms with Crippen molar-refractivity contribution in [2.75, 3.05) is 39.3 Å². The van der Waals surface area contributed by atoms with Gasteiger partial charge in [0.2, 0.25) is 5.91 Å². The van der Waals surface area contributed by atoms with Crippen LogP contribution in [-0.2, 0) is 15.0 Å². The zero-order chi connectivity index (χ0) is 16.0. The first-order valence-corrected chi connectivity index (χ1v) is 10.2. The molecule has 1 N–H and O–H groups in total. The van der Waals surface area contributed by atoms with E-state index in [4.69, 9.17) is 0 Å². The third-order valence-electron chi connectivity index (χ3n) is 5.91. The summed E-state index contributed by atoms with van der Waals surface area (Å²) in [6, 6.07) is 0.249. The van der Waals surface area contributed by atoms with E-state index in [-0.39, 0.29) is 18.0 Å². The first kappa shape index (κ1) is 15.8. The maximum absolute atomic E-state index is 13.0. The summed E-state index contributed by atoms with van der Waals surface area (Å²) in [4.78, 5) is 14.0. The highest BCUT2D eigenvalue weighted by Crippen LogP contribution is 2.40. The second-order valence-corrected chi connectivity index (χ2v) is 9.21. The average Bonchev–Trinajstić information content (AvgIpc) is 3.19. The smallest absolute Gasteiger partial charge is 0.282 e. The Balaban J connectivity index is 1.47. The van der Waals surface area contributed by atoms with Crippen molar-refractivity contribution in [1.82, 2.24) is 18.8 Å². The van der Waals surface area contributed by atoms with Crippen LogP contribution in [0.15, 0.2) is 0 Å². The first-order valence-electron chi connectivity index (χ1n) is 8.83. The normalized spacial score (nSPS) is 36.8. The minimum absolute atomic E-state index is 0.0351. The lowest BCUT2D eigenvalue weighted by Gasteiger charge is -2.42. The van der Waals surface area contributed by atoms with Gasteiger partial charge in [-0.05, 0) is 38.0 Å². The highest BCUT2D eigenvalue weighted by Gasteiger charge is 2.47. The van der Waals surface area contributed by atoms with E-state index in [2.05, 4.69) is 5.32 Å². The van der Waals surface area contributed by atoms with Crippen LogP contribution in [0.25, 0.3) is 0 Å². The monoisotopic (exact) mass is 342 g/mol. The van der Waals surface area contributed by atoms with Gasteiger partial charge in [-0.15, -0.1) is 0 Å². The molecular formula is C15H26N4O3S. The molecule has 3 heterocycles. The minimum atomic E-state index is -3.37. The summed E-state index contributed by atoms with van der Waals surface area (Å²) < 4.78 is 29.4. The van der Waals surface area contributed by atoms with E-state index in [1.165, 1.54) is 6.42 Å². The molecule has 0 radical (unpaired) electrons. The molecule has 0 aromatic heterocycles. The fourth-order valence-electron chi connectivity index (χ4n) is 4.70. The Hall–Kier alpha value is -0.700. The number of carbonyl (C=O) groups is 1. The molecule has 3 saturated heterocycles. The molecule has 0 aromatic carbocycles. The molecule has 3 aliphatic heterocycles. The molecule has 8 heteroatoms. The molecule has 0 spiro atoms. The van der Waals surface area contributed by atoms with Crippen LogP contribution in [0, 0.1) is 5.92 Å². The molecule has 4 aliphatic rings. The third-order valence-corrected chi connectivity index (χ3v) is 7.93. The predicted molar refractivity (Wildman–Crippen MR) is 85.9 cm³/mol. The number of nitrogens with one attached hydrogen (secondary N) is 1. The van der Waals surface area contributed by atoms with Crippen LogP contribution >= 0.6 is 0 Å². The van der Waals surface area contributed by atoms with Crippen LogP contribution in [0.4, 0.5) is 0 Å². The topological polar surface area (TPSA) is 73.0 Å². The summed E-state index contributed by atoms with van der Waals surface area (Å²) in [5.41, 5.74) is 0. The Kier molecular flexibility index (Phi) is 4.11. The van der Waals surface area contributed by atoms with Gasteiger partial charge >= 0.3 is 0 Å². The molecule has 3 unspecified atom stereocenters. The standard InChI is InChI=1S/C15H26N4O3S/c20-15-9-16-5-7-18(15)14-2-1-6-17(11-14)23(21,22)19-10-12-3-4-13(19)8-12/h12-14,16H,1-11H2. The van der Waals surface area contributed by atoms with Crippen LogP contribution in [0.3, 0.4) is 0 Å². The van der Waals surface area contributed by atoms with Gasteiger partial charge in [-0.1, -0.05) is 0 Å². The van der Waals surface area contributed by atoms with Gasteiger partial charge in [0.1, 0.15) is 0 Å². The molecule has 3 atom stereocenters. The second-order valence-electron chi connectivity index (χ2n) is 7.33. The van der Waals surface area contributed by atoms with Crippen molar-refractivity contribution in [2.24, 2.45) is 5.92 Å². The third kappa shape index (κ3) is 2.79. The number of piperazine rings is 1. The zero-order valence-electron chi connectivity index (χ0n) is 13.5. The fraction of sp³-hybridized carbons (Fsp3) is 0.933. The van der Waals surface area contributed by atoms with Gasteiger partial charge in [0.15, 0.2) is 0 Å². The van der Waals surface area contributed by atoms with E-state index in [1.807, 2.05) is 4.90 Å². The van der Waals surface area contributed by atoms with E-state index in [9.17, 15) is 13.2 Å². The van der Waals surface area contributed by atoms with Crippen molar-refractivity contribution in [3.8, 4) is 0 Å². The number of rotatable bonds is 3. The molecule has 0 aromatic rings. The van der Waals surface area contributed by atoms with Crippen molar-refractivity contribution < 1.29 is 13.2 Å². The van der Waals surface area contributed by atoms with Gasteiger partial charge in [0.25, 0.3) is 10.2 Å². The molecule has 4 rings (SSSR count). The van der Waals surface area contributed by atoms with E-state index in [1.54, 1.807) is 8.61 Å². The number of fused-ring (bicyclic) bond motifs is 2. The molecule has 23 heavy (non-hydrogen) atoms. The van der Waals surface area contributed by atoms with Gasteiger partial charge in [-0.3, -0.25) is 4.79 Å². The lowest BCUT2D eigenvalue weighted by atomic mass is 10.1. The van der Waals surface area contributed by atoms with Gasteiger partial charge < -0.3 is 10.2 Å². The van der Waals surface area contributed by atoms with E-state index in [0.29, 0.717) is 38.6 Å². The number of amides is 1. The van der Waals surface area contributed by atoms with Crippen molar-refractivity contribution in [2.45, 2.75) is 44.2 Å². The molecule has 1 aliphatic carbocycles. The number of hydrogen-bond donors (Lipinski definition) is 1. The zero-order valence-corrected chi connectivity index (χ0v) is 14.3. The van der Waals surface area contributed by atoms with Crippen LogP contribution in [0.5, 0.6) is 0 Å². The first-order chi connectivity index (χ1) is 11.1. The SMILES string of the molecule is O=C1CNCCN1C1CCCN(S(=O)(=O)N2CC3CCC2C3)C1. The van der Waals surface area contributed by atoms with Crippen molar-refractivity contribution in [1.29, 1.82) is 0 Å². The largest absolute Gasteiger partial charge is 0.336 e. The van der Waals surface area contributed by atoms with Crippen LogP contribution in [-0.4, -0.2) is 79.2 Å². The number of carbonyl (C=O) groups excluding carboxylic acids is 1. The van der Waals surface area contributed by atoms with Gasteiger partial charge in [-0.25, -0.2) is 0 Å². The highest BCUT2D eigenvalue weighted by molar-refractivity contribution is 7.86. The summed E-state index contributed by atoms with van der Waals surface area (Å²) in [5.74, 6) is 0.658. The molecule has 2 bridgehead atoms. The Bertz CT molecular complexity index is 581. The van der Waals surface area contributed by atoms with E-state index >= 15 is 0 Å². The van der Waals surface area contributed by atoms with Crippen molar-refractivity contribution in [3.05, 3.63) is 0 Å². The van der Waals surface area contributed by atoms with Crippen LogP contribution < -0.4 is 5.32 Å². The average molecular weight is 342 g/mol. The molecular weight excluding hydrogens is 316 g/mol. The molecule has 130 valence electrons.